The van der Waals surface area contributed by atoms with Crippen LogP contribution < -0.4 is 4.74 Å². The first kappa shape index (κ1) is 9.39. The van der Waals surface area contributed by atoms with Crippen LogP contribution in [0.5, 0.6) is 5.75 Å². The van der Waals surface area contributed by atoms with Crippen LogP contribution in [-0.4, -0.2) is 18.5 Å². The Kier molecular flexibility index (Phi) is 1.96. The molecule has 4 nitrogen and oxygen atoms in total. The minimum absolute atomic E-state index is 0.379. The number of esters is 2. The van der Waals surface area contributed by atoms with Gasteiger partial charge in [0.25, 0.3) is 0 Å². The molecular weight excluding hydrogens is 208 g/mol. The molecule has 0 aliphatic carbocycles. The van der Waals surface area contributed by atoms with Crippen molar-refractivity contribution in [3.8, 4) is 5.75 Å². The summed E-state index contributed by atoms with van der Waals surface area (Å²) in [5.74, 6) is -1.05. The van der Waals surface area contributed by atoms with E-state index in [1.807, 2.05) is 24.3 Å². The van der Waals surface area contributed by atoms with E-state index >= 15 is 0 Å². The van der Waals surface area contributed by atoms with Gasteiger partial charge >= 0.3 is 11.9 Å². The highest BCUT2D eigenvalue weighted by Crippen LogP contribution is 2.41. The largest absolute Gasteiger partial charge is 0.493 e. The van der Waals surface area contributed by atoms with Gasteiger partial charge in [-0.25, -0.2) is 0 Å². The van der Waals surface area contributed by atoms with Crippen molar-refractivity contribution in [3.05, 3.63) is 29.8 Å². The van der Waals surface area contributed by atoms with Crippen LogP contribution in [0.2, 0.25) is 0 Å². The highest BCUT2D eigenvalue weighted by molar-refractivity contribution is 6.00. The quantitative estimate of drug-likeness (QED) is 0.486. The van der Waals surface area contributed by atoms with E-state index in [4.69, 9.17) is 4.74 Å². The van der Waals surface area contributed by atoms with Crippen LogP contribution in [0.1, 0.15) is 17.9 Å². The number of hydrogen-bond acceptors (Lipinski definition) is 4. The summed E-state index contributed by atoms with van der Waals surface area (Å²) in [4.78, 5) is 23.1. The number of cyclic esters (lactones) is 2. The lowest BCUT2D eigenvalue weighted by Gasteiger charge is -2.10. The van der Waals surface area contributed by atoms with Crippen LogP contribution in [-0.2, 0) is 14.3 Å². The smallest absolute Gasteiger partial charge is 0.322 e. The molecular formula is C12H10O4. The summed E-state index contributed by atoms with van der Waals surface area (Å²) in [5, 5.41) is 0. The Balaban J connectivity index is 2.13. The molecule has 2 aliphatic rings. The van der Waals surface area contributed by atoms with Gasteiger partial charge in [0.2, 0.25) is 0 Å². The zero-order valence-corrected chi connectivity index (χ0v) is 8.51. The van der Waals surface area contributed by atoms with Crippen molar-refractivity contribution in [2.45, 2.75) is 12.3 Å². The van der Waals surface area contributed by atoms with E-state index in [9.17, 15) is 9.59 Å². The predicted octanol–water partition coefficient (Wildman–Crippen LogP) is 1.25. The molecule has 0 N–H and O–H groups in total. The van der Waals surface area contributed by atoms with E-state index in [1.165, 1.54) is 0 Å². The van der Waals surface area contributed by atoms with Crippen LogP contribution in [0.3, 0.4) is 0 Å². The zero-order valence-electron chi connectivity index (χ0n) is 8.51. The van der Waals surface area contributed by atoms with E-state index in [2.05, 4.69) is 4.74 Å². The third-order valence-corrected chi connectivity index (χ3v) is 3.10. The van der Waals surface area contributed by atoms with Crippen molar-refractivity contribution < 1.29 is 19.1 Å². The van der Waals surface area contributed by atoms with Crippen LogP contribution in [0.25, 0.3) is 0 Å². The normalized spacial score (nSPS) is 27.5. The van der Waals surface area contributed by atoms with Gasteiger partial charge in [0.15, 0.2) is 0 Å². The number of carbonyl (C=O) groups excluding carboxylic acids is 2. The Bertz CT molecular complexity index is 466. The number of benzene rings is 1. The molecule has 82 valence electrons. The van der Waals surface area contributed by atoms with Crippen LogP contribution in [0.15, 0.2) is 24.3 Å². The number of fused-ring (bicyclic) bond motifs is 3. The van der Waals surface area contributed by atoms with Crippen LogP contribution in [0, 0.1) is 5.92 Å². The van der Waals surface area contributed by atoms with Crippen LogP contribution >= 0.6 is 0 Å². The maximum Gasteiger partial charge on any atom is 0.322 e. The molecule has 0 spiro atoms. The molecule has 16 heavy (non-hydrogen) atoms. The third-order valence-electron chi connectivity index (χ3n) is 3.10. The van der Waals surface area contributed by atoms with E-state index < -0.39 is 17.9 Å². The third kappa shape index (κ3) is 1.23. The first-order valence-electron chi connectivity index (χ1n) is 5.24. The highest BCUT2D eigenvalue weighted by atomic mass is 16.6. The fourth-order valence-electron chi connectivity index (χ4n) is 2.33. The molecule has 2 unspecified atom stereocenters. The number of rotatable bonds is 0. The van der Waals surface area contributed by atoms with Crippen molar-refractivity contribution in [2.24, 2.45) is 5.92 Å². The van der Waals surface area contributed by atoms with Gasteiger partial charge in [0, 0.05) is 5.56 Å². The lowest BCUT2D eigenvalue weighted by atomic mass is 9.86. The average Bonchev–Trinajstić information content (AvgIpc) is 2.49. The molecule has 1 aromatic carbocycles. The summed E-state index contributed by atoms with van der Waals surface area (Å²) < 4.78 is 10.2. The molecule has 3 rings (SSSR count). The van der Waals surface area contributed by atoms with Crippen molar-refractivity contribution in [1.82, 2.24) is 0 Å². The maximum absolute atomic E-state index is 11.6. The molecule has 1 fully saturated rings. The standard InChI is InChI=1S/C12H10O4/c13-11-8-5-6-15-9-4-2-1-3-7(9)10(8)12(14)16-11/h1-4,8,10H,5-6H2. The average molecular weight is 218 g/mol. The summed E-state index contributed by atoms with van der Waals surface area (Å²) in [6.45, 7) is 0.445. The molecule has 4 heteroatoms. The Morgan fingerprint density at radius 3 is 2.81 bits per heavy atom. The van der Waals surface area contributed by atoms with Gasteiger partial charge in [-0.3, -0.25) is 9.59 Å². The Hall–Kier alpha value is -1.84. The van der Waals surface area contributed by atoms with Gasteiger partial charge in [0.1, 0.15) is 5.75 Å². The second-order valence-corrected chi connectivity index (χ2v) is 4.00. The molecule has 2 aliphatic heterocycles. The zero-order chi connectivity index (χ0) is 11.1. The molecule has 0 amide bonds. The summed E-state index contributed by atoms with van der Waals surface area (Å²) in [6, 6.07) is 7.31. The van der Waals surface area contributed by atoms with Gasteiger partial charge in [-0.05, 0) is 12.5 Å². The fourth-order valence-corrected chi connectivity index (χ4v) is 2.33. The summed E-state index contributed by atoms with van der Waals surface area (Å²) in [7, 11) is 0. The minimum atomic E-state index is -0.480. The van der Waals surface area contributed by atoms with E-state index in [1.54, 1.807) is 0 Å². The monoisotopic (exact) mass is 218 g/mol. The predicted molar refractivity (Wildman–Crippen MR) is 53.9 cm³/mol. The molecule has 2 atom stereocenters. The number of para-hydroxylation sites is 1. The van der Waals surface area contributed by atoms with E-state index in [0.29, 0.717) is 18.8 Å². The lowest BCUT2D eigenvalue weighted by molar-refractivity contribution is -0.153. The lowest BCUT2D eigenvalue weighted by Crippen LogP contribution is -2.15. The van der Waals surface area contributed by atoms with Gasteiger partial charge in [-0.15, -0.1) is 0 Å². The van der Waals surface area contributed by atoms with E-state index in [-0.39, 0.29) is 5.92 Å². The second-order valence-electron chi connectivity index (χ2n) is 4.00. The Morgan fingerprint density at radius 2 is 1.94 bits per heavy atom. The fraction of sp³-hybridized carbons (Fsp3) is 0.333. The number of ether oxygens (including phenoxy) is 2. The molecule has 1 saturated heterocycles. The highest BCUT2D eigenvalue weighted by Gasteiger charge is 2.47. The van der Waals surface area contributed by atoms with Gasteiger partial charge in [-0.1, -0.05) is 18.2 Å². The molecule has 0 bridgehead atoms. The molecule has 0 aromatic heterocycles. The summed E-state index contributed by atoms with van der Waals surface area (Å²) in [6.07, 6.45) is 0.532. The summed E-state index contributed by atoms with van der Waals surface area (Å²) in [5.41, 5.74) is 0.765. The van der Waals surface area contributed by atoms with Gasteiger partial charge < -0.3 is 9.47 Å². The van der Waals surface area contributed by atoms with E-state index in [0.717, 1.165) is 5.56 Å². The Morgan fingerprint density at radius 1 is 1.12 bits per heavy atom. The molecule has 0 radical (unpaired) electrons. The molecule has 2 heterocycles. The minimum Gasteiger partial charge on any atom is -0.493 e. The van der Waals surface area contributed by atoms with Gasteiger partial charge in [-0.2, -0.15) is 0 Å². The molecule has 0 saturated carbocycles. The van der Waals surface area contributed by atoms with Crippen molar-refractivity contribution in [1.29, 1.82) is 0 Å². The summed E-state index contributed by atoms with van der Waals surface area (Å²) >= 11 is 0. The maximum atomic E-state index is 11.6. The van der Waals surface area contributed by atoms with Crippen molar-refractivity contribution in [3.63, 3.8) is 0 Å². The van der Waals surface area contributed by atoms with Crippen molar-refractivity contribution in [2.75, 3.05) is 6.61 Å². The first-order chi connectivity index (χ1) is 7.77. The number of carbonyl (C=O) groups is 2. The van der Waals surface area contributed by atoms with Gasteiger partial charge in [0.05, 0.1) is 18.4 Å². The topological polar surface area (TPSA) is 52.6 Å². The van der Waals surface area contributed by atoms with Crippen LogP contribution in [0.4, 0.5) is 0 Å². The number of hydrogen-bond donors (Lipinski definition) is 0. The molecule has 1 aromatic rings. The van der Waals surface area contributed by atoms with Crippen molar-refractivity contribution >= 4 is 11.9 Å². The Labute approximate surface area is 92.2 Å². The SMILES string of the molecule is O=C1OC(=O)C2c3ccccc3OCCC12. The second kappa shape index (κ2) is 3.33. The first-order valence-corrected chi connectivity index (χ1v) is 5.24.